The number of carbonyl (C=O) groups excluding carboxylic acids is 1. The average Bonchev–Trinajstić information content (AvgIpc) is 2.75. The van der Waals surface area contributed by atoms with Crippen molar-refractivity contribution in [1.29, 1.82) is 0 Å². The predicted octanol–water partition coefficient (Wildman–Crippen LogP) is 1.91. The van der Waals surface area contributed by atoms with Crippen molar-refractivity contribution in [3.63, 3.8) is 0 Å². The Morgan fingerprint density at radius 3 is 2.85 bits per heavy atom. The van der Waals surface area contributed by atoms with Gasteiger partial charge in [0.1, 0.15) is 6.04 Å². The number of hydrogen-bond donors (Lipinski definition) is 2. The first kappa shape index (κ1) is 14.7. The monoisotopic (exact) mass is 313 g/mol. The zero-order valence-corrected chi connectivity index (χ0v) is 12.1. The van der Waals surface area contributed by atoms with Crippen molar-refractivity contribution in [2.75, 3.05) is 5.75 Å². The van der Waals surface area contributed by atoms with Crippen LogP contribution in [0.25, 0.3) is 11.0 Å². The molecule has 1 aromatic carbocycles. The highest BCUT2D eigenvalue weighted by Crippen LogP contribution is 2.31. The van der Waals surface area contributed by atoms with Crippen molar-refractivity contribution in [3.05, 3.63) is 23.2 Å². The Balaban J connectivity index is 2.60. The van der Waals surface area contributed by atoms with Gasteiger partial charge in [0.15, 0.2) is 5.16 Å². The summed E-state index contributed by atoms with van der Waals surface area (Å²) in [4.78, 5) is 26.5. The van der Waals surface area contributed by atoms with Gasteiger partial charge in [0, 0.05) is 0 Å². The number of aliphatic carboxylic acids is 1. The first-order chi connectivity index (χ1) is 9.41. The lowest BCUT2D eigenvalue weighted by Gasteiger charge is -2.14. The second kappa shape index (κ2) is 5.72. The molecule has 0 aliphatic rings. The molecule has 1 aromatic heterocycles. The fourth-order valence-electron chi connectivity index (χ4n) is 1.80. The largest absolute Gasteiger partial charge is 0.481 e. The van der Waals surface area contributed by atoms with Crippen LogP contribution in [0, 0.1) is 0 Å². The summed E-state index contributed by atoms with van der Waals surface area (Å²) in [5, 5.41) is 9.61. The molecule has 0 spiro atoms. The maximum absolute atomic E-state index is 11.4. The van der Waals surface area contributed by atoms with E-state index in [-0.39, 0.29) is 5.75 Å². The number of amides is 1. The average molecular weight is 314 g/mol. The molecule has 0 saturated carbocycles. The van der Waals surface area contributed by atoms with E-state index < -0.39 is 17.9 Å². The molecule has 2 aromatic rings. The van der Waals surface area contributed by atoms with E-state index in [4.69, 9.17) is 22.4 Å². The van der Waals surface area contributed by atoms with Gasteiger partial charge in [-0.05, 0) is 19.1 Å². The minimum absolute atomic E-state index is 0.160. The number of thioether (sulfide) groups is 1. The van der Waals surface area contributed by atoms with Crippen molar-refractivity contribution in [1.82, 2.24) is 9.55 Å². The summed E-state index contributed by atoms with van der Waals surface area (Å²) < 4.78 is 1.58. The Kier molecular flexibility index (Phi) is 4.20. The number of benzene rings is 1. The number of hydrogen-bond acceptors (Lipinski definition) is 4. The first-order valence-corrected chi connectivity index (χ1v) is 7.08. The van der Waals surface area contributed by atoms with Crippen molar-refractivity contribution in [2.24, 2.45) is 5.73 Å². The molecule has 1 heterocycles. The molecule has 1 amide bonds. The quantitative estimate of drug-likeness (QED) is 0.822. The van der Waals surface area contributed by atoms with Gasteiger partial charge in [0.2, 0.25) is 5.91 Å². The molecule has 0 saturated heterocycles. The van der Waals surface area contributed by atoms with E-state index in [1.165, 1.54) is 0 Å². The molecule has 0 fully saturated rings. The SMILES string of the molecule is CC(C(N)=O)n1c(SCC(=O)O)nc2cccc(Cl)c21. The van der Waals surface area contributed by atoms with E-state index in [0.29, 0.717) is 21.2 Å². The van der Waals surface area contributed by atoms with Crippen LogP contribution in [-0.2, 0) is 9.59 Å². The number of carbonyl (C=O) groups is 2. The molecule has 1 unspecified atom stereocenters. The predicted molar refractivity (Wildman–Crippen MR) is 77.0 cm³/mol. The third-order valence-electron chi connectivity index (χ3n) is 2.75. The Morgan fingerprint density at radius 1 is 1.55 bits per heavy atom. The summed E-state index contributed by atoms with van der Waals surface area (Å²) in [6.07, 6.45) is 0. The molecule has 3 N–H and O–H groups in total. The molecule has 6 nitrogen and oxygen atoms in total. The molecular weight excluding hydrogens is 302 g/mol. The van der Waals surface area contributed by atoms with Crippen molar-refractivity contribution >= 4 is 46.3 Å². The van der Waals surface area contributed by atoms with Gasteiger partial charge >= 0.3 is 5.97 Å². The number of nitrogens with two attached hydrogens (primary N) is 1. The number of imidazole rings is 1. The van der Waals surface area contributed by atoms with Crippen LogP contribution in [-0.4, -0.2) is 32.3 Å². The fourth-order valence-corrected chi connectivity index (χ4v) is 2.86. The zero-order valence-electron chi connectivity index (χ0n) is 10.5. The Morgan fingerprint density at radius 2 is 2.25 bits per heavy atom. The summed E-state index contributed by atoms with van der Waals surface area (Å²) >= 11 is 7.17. The summed E-state index contributed by atoms with van der Waals surface area (Å²) in [5.41, 5.74) is 6.51. The molecule has 20 heavy (non-hydrogen) atoms. The van der Waals surface area contributed by atoms with Crippen LogP contribution in [0.3, 0.4) is 0 Å². The van der Waals surface area contributed by atoms with Gasteiger partial charge in [-0.1, -0.05) is 29.4 Å². The lowest BCUT2D eigenvalue weighted by atomic mass is 10.2. The van der Waals surface area contributed by atoms with E-state index >= 15 is 0 Å². The number of carboxylic acid groups (broad SMARTS) is 1. The van der Waals surface area contributed by atoms with Crippen LogP contribution >= 0.6 is 23.4 Å². The van der Waals surface area contributed by atoms with Gasteiger partial charge in [-0.3, -0.25) is 9.59 Å². The van der Waals surface area contributed by atoms with Crippen LogP contribution in [0.15, 0.2) is 23.4 Å². The summed E-state index contributed by atoms with van der Waals surface area (Å²) in [6, 6.07) is 4.50. The summed E-state index contributed by atoms with van der Waals surface area (Å²) in [5.74, 6) is -1.67. The number of carboxylic acids is 1. The lowest BCUT2D eigenvalue weighted by molar-refractivity contribution is -0.133. The van der Waals surface area contributed by atoms with Crippen LogP contribution in [0.4, 0.5) is 0 Å². The third-order valence-corrected chi connectivity index (χ3v) is 3.99. The highest BCUT2D eigenvalue weighted by Gasteiger charge is 2.22. The van der Waals surface area contributed by atoms with Crippen LogP contribution in [0.5, 0.6) is 0 Å². The molecule has 106 valence electrons. The van der Waals surface area contributed by atoms with Crippen LogP contribution in [0.1, 0.15) is 13.0 Å². The molecule has 0 aliphatic carbocycles. The third kappa shape index (κ3) is 2.73. The molecule has 2 rings (SSSR count). The van der Waals surface area contributed by atoms with Crippen LogP contribution in [0.2, 0.25) is 5.02 Å². The molecule has 0 radical (unpaired) electrons. The van der Waals surface area contributed by atoms with Gasteiger partial charge in [0.05, 0.1) is 21.8 Å². The Hall–Kier alpha value is -1.73. The van der Waals surface area contributed by atoms with Crippen molar-refractivity contribution in [3.8, 4) is 0 Å². The number of aromatic nitrogens is 2. The van der Waals surface area contributed by atoms with E-state index in [1.54, 1.807) is 29.7 Å². The number of para-hydroxylation sites is 1. The molecule has 8 heteroatoms. The second-order valence-corrected chi connectivity index (χ2v) is 5.48. The van der Waals surface area contributed by atoms with Gasteiger partial charge in [-0.2, -0.15) is 0 Å². The Bertz CT molecular complexity index is 686. The summed E-state index contributed by atoms with van der Waals surface area (Å²) in [6.45, 7) is 1.62. The smallest absolute Gasteiger partial charge is 0.313 e. The van der Waals surface area contributed by atoms with E-state index in [0.717, 1.165) is 11.8 Å². The van der Waals surface area contributed by atoms with Crippen molar-refractivity contribution in [2.45, 2.75) is 18.1 Å². The minimum Gasteiger partial charge on any atom is -0.481 e. The second-order valence-electron chi connectivity index (χ2n) is 4.13. The normalized spacial score (nSPS) is 12.5. The van der Waals surface area contributed by atoms with E-state index in [2.05, 4.69) is 4.98 Å². The molecule has 0 bridgehead atoms. The number of rotatable bonds is 5. The lowest BCUT2D eigenvalue weighted by Crippen LogP contribution is -2.24. The first-order valence-electron chi connectivity index (χ1n) is 5.72. The van der Waals surface area contributed by atoms with Gasteiger partial charge in [-0.25, -0.2) is 4.98 Å². The fraction of sp³-hybridized carbons (Fsp3) is 0.250. The topological polar surface area (TPSA) is 98.2 Å². The number of primary amides is 1. The standard InChI is InChI=1S/C12H12ClN3O3S/c1-6(11(14)19)16-10-7(13)3-2-4-8(10)15-12(16)20-5-9(17)18/h2-4,6H,5H2,1H3,(H2,14,19)(H,17,18). The van der Waals surface area contributed by atoms with Gasteiger partial charge in [0.25, 0.3) is 0 Å². The molecular formula is C12H12ClN3O3S. The minimum atomic E-state index is -0.966. The van der Waals surface area contributed by atoms with Crippen molar-refractivity contribution < 1.29 is 14.7 Å². The molecule has 1 atom stereocenters. The zero-order chi connectivity index (χ0) is 14.9. The highest BCUT2D eigenvalue weighted by molar-refractivity contribution is 7.99. The maximum atomic E-state index is 11.4. The van der Waals surface area contributed by atoms with E-state index in [1.807, 2.05) is 0 Å². The number of fused-ring (bicyclic) bond motifs is 1. The molecule has 0 aliphatic heterocycles. The number of nitrogens with zero attached hydrogens (tertiary/aromatic N) is 2. The van der Waals surface area contributed by atoms with E-state index in [9.17, 15) is 9.59 Å². The summed E-state index contributed by atoms with van der Waals surface area (Å²) in [7, 11) is 0. The number of halogens is 1. The Labute approximate surface area is 123 Å². The van der Waals surface area contributed by atoms with Crippen LogP contribution < -0.4 is 5.73 Å². The maximum Gasteiger partial charge on any atom is 0.313 e. The highest BCUT2D eigenvalue weighted by atomic mass is 35.5. The van der Waals surface area contributed by atoms with Gasteiger partial charge in [-0.15, -0.1) is 0 Å². The van der Waals surface area contributed by atoms with Gasteiger partial charge < -0.3 is 15.4 Å².